The minimum absolute atomic E-state index is 0.00837. The molecule has 3 N–H and O–H groups in total. The number of nitrogens with one attached hydrogen (secondary N) is 1. The number of aliphatic carboxylic acids is 2. The molecular formula is C28H26ClNO6. The summed E-state index contributed by atoms with van der Waals surface area (Å²) < 4.78 is 0. The molecule has 7 nitrogen and oxygen atoms in total. The molecule has 3 rings (SSSR count). The minimum Gasteiger partial charge on any atom is -0.481 e. The van der Waals surface area contributed by atoms with Gasteiger partial charge in [0.15, 0.2) is 5.78 Å². The van der Waals surface area contributed by atoms with E-state index in [-0.39, 0.29) is 38.0 Å². The van der Waals surface area contributed by atoms with Gasteiger partial charge in [0.25, 0.3) is 5.91 Å². The summed E-state index contributed by atoms with van der Waals surface area (Å²) in [6, 6.07) is 21.1. The molecule has 0 aromatic heterocycles. The van der Waals surface area contributed by atoms with Gasteiger partial charge in [-0.3, -0.25) is 19.2 Å². The van der Waals surface area contributed by atoms with Crippen LogP contribution in [0.4, 0.5) is 0 Å². The Morgan fingerprint density at radius 2 is 1.44 bits per heavy atom. The third-order valence-electron chi connectivity index (χ3n) is 5.81. The van der Waals surface area contributed by atoms with E-state index in [9.17, 15) is 24.3 Å². The van der Waals surface area contributed by atoms with Gasteiger partial charge in [0.2, 0.25) is 0 Å². The lowest BCUT2D eigenvalue weighted by molar-refractivity contribution is -0.142. The maximum absolute atomic E-state index is 12.8. The van der Waals surface area contributed by atoms with Gasteiger partial charge in [-0.25, -0.2) is 0 Å². The van der Waals surface area contributed by atoms with E-state index in [0.29, 0.717) is 21.7 Å². The summed E-state index contributed by atoms with van der Waals surface area (Å²) >= 11 is 5.93. The third-order valence-corrected chi connectivity index (χ3v) is 6.07. The van der Waals surface area contributed by atoms with Crippen LogP contribution in [0, 0.1) is 5.92 Å². The molecule has 0 aliphatic heterocycles. The average molecular weight is 508 g/mol. The second kappa shape index (κ2) is 12.7. The van der Waals surface area contributed by atoms with E-state index in [2.05, 4.69) is 5.32 Å². The predicted molar refractivity (Wildman–Crippen MR) is 136 cm³/mol. The fraction of sp³-hybridized carbons (Fsp3) is 0.214. The number of hydrogen-bond acceptors (Lipinski definition) is 4. The first-order chi connectivity index (χ1) is 17.2. The molecule has 186 valence electrons. The number of halogens is 1. The van der Waals surface area contributed by atoms with E-state index in [4.69, 9.17) is 16.7 Å². The molecule has 0 fully saturated rings. The maximum atomic E-state index is 12.8. The third kappa shape index (κ3) is 7.52. The molecule has 3 aromatic rings. The Morgan fingerprint density at radius 1 is 0.833 bits per heavy atom. The van der Waals surface area contributed by atoms with Crippen LogP contribution in [0.2, 0.25) is 5.02 Å². The number of carboxylic acid groups (broad SMARTS) is 2. The van der Waals surface area contributed by atoms with Crippen molar-refractivity contribution in [3.05, 3.63) is 94.5 Å². The number of Topliss-reactive ketones (excluding diaryl/α,β-unsaturated/α-hetero) is 1. The van der Waals surface area contributed by atoms with Crippen LogP contribution in [0.25, 0.3) is 11.1 Å². The number of benzene rings is 3. The zero-order valence-electron chi connectivity index (χ0n) is 19.4. The highest BCUT2D eigenvalue weighted by Gasteiger charge is 2.23. The highest BCUT2D eigenvalue weighted by atomic mass is 35.5. The highest BCUT2D eigenvalue weighted by molar-refractivity contribution is 6.30. The molecular weight excluding hydrogens is 482 g/mol. The monoisotopic (exact) mass is 507 g/mol. The second-order valence-electron chi connectivity index (χ2n) is 8.34. The number of carboxylic acids is 2. The predicted octanol–water partition coefficient (Wildman–Crippen LogP) is 5.12. The number of aryl methyl sites for hydroxylation is 1. The van der Waals surface area contributed by atoms with Crippen LogP contribution in [0.15, 0.2) is 72.8 Å². The number of hydrogen-bond donors (Lipinski definition) is 3. The number of amides is 1. The molecule has 0 radical (unpaired) electrons. The summed E-state index contributed by atoms with van der Waals surface area (Å²) in [6.07, 6.45) is 0.0893. The standard InChI is InChI=1S/C28H26ClNO6/c29-23-13-11-19(12-14-23)18-5-8-21(9-6-18)25(31)17-22(28(35)36)10-7-20-3-1-2-4-24(20)27(34)30-16-15-26(32)33/h1-6,8-9,11-14,22H,7,10,15-17H2,(H,30,34)(H,32,33)(H,35,36). The van der Waals surface area contributed by atoms with Crippen molar-refractivity contribution < 1.29 is 29.4 Å². The molecule has 0 spiro atoms. The molecule has 0 aliphatic rings. The van der Waals surface area contributed by atoms with E-state index in [1.165, 1.54) is 0 Å². The number of carbonyl (C=O) groups excluding carboxylic acids is 2. The van der Waals surface area contributed by atoms with Gasteiger partial charge in [-0.1, -0.05) is 66.2 Å². The Kier molecular flexibility index (Phi) is 9.36. The topological polar surface area (TPSA) is 121 Å². The lowest BCUT2D eigenvalue weighted by atomic mass is 9.90. The minimum atomic E-state index is -1.08. The van der Waals surface area contributed by atoms with Crippen molar-refractivity contribution in [1.29, 1.82) is 0 Å². The van der Waals surface area contributed by atoms with Gasteiger partial charge in [0.1, 0.15) is 0 Å². The number of carbonyl (C=O) groups is 4. The molecule has 0 aliphatic carbocycles. The van der Waals surface area contributed by atoms with Gasteiger partial charge < -0.3 is 15.5 Å². The highest BCUT2D eigenvalue weighted by Crippen LogP contribution is 2.24. The molecule has 0 heterocycles. The van der Waals surface area contributed by atoms with Crippen molar-refractivity contribution in [2.45, 2.75) is 25.7 Å². The fourth-order valence-corrected chi connectivity index (χ4v) is 3.94. The molecule has 36 heavy (non-hydrogen) atoms. The van der Waals surface area contributed by atoms with E-state index < -0.39 is 23.8 Å². The summed E-state index contributed by atoms with van der Waals surface area (Å²) in [5.41, 5.74) is 3.29. The molecule has 0 saturated carbocycles. The normalized spacial score (nSPS) is 11.5. The first kappa shape index (κ1) is 26.6. The Labute approximate surface area is 213 Å². The fourth-order valence-electron chi connectivity index (χ4n) is 3.81. The summed E-state index contributed by atoms with van der Waals surface area (Å²) in [4.78, 5) is 47.8. The zero-order valence-corrected chi connectivity index (χ0v) is 20.2. The van der Waals surface area contributed by atoms with Gasteiger partial charge in [-0.15, -0.1) is 0 Å². The van der Waals surface area contributed by atoms with Crippen molar-refractivity contribution in [2.24, 2.45) is 5.92 Å². The Bertz CT molecular complexity index is 1240. The average Bonchev–Trinajstić information content (AvgIpc) is 2.86. The maximum Gasteiger partial charge on any atom is 0.306 e. The summed E-state index contributed by atoms with van der Waals surface area (Å²) in [5, 5.41) is 21.6. The number of ketones is 1. The van der Waals surface area contributed by atoms with Crippen LogP contribution in [-0.2, 0) is 16.0 Å². The van der Waals surface area contributed by atoms with Crippen molar-refractivity contribution in [3.63, 3.8) is 0 Å². The Hall–Kier alpha value is -3.97. The van der Waals surface area contributed by atoms with Crippen molar-refractivity contribution in [3.8, 4) is 11.1 Å². The van der Waals surface area contributed by atoms with Gasteiger partial charge in [0.05, 0.1) is 12.3 Å². The lowest BCUT2D eigenvalue weighted by Crippen LogP contribution is -2.27. The van der Waals surface area contributed by atoms with Crippen molar-refractivity contribution >= 4 is 35.2 Å². The van der Waals surface area contributed by atoms with E-state index >= 15 is 0 Å². The second-order valence-corrected chi connectivity index (χ2v) is 8.78. The molecule has 1 amide bonds. The lowest BCUT2D eigenvalue weighted by Gasteiger charge is -2.14. The first-order valence-electron chi connectivity index (χ1n) is 11.4. The largest absolute Gasteiger partial charge is 0.481 e. The van der Waals surface area contributed by atoms with Crippen LogP contribution in [0.3, 0.4) is 0 Å². The van der Waals surface area contributed by atoms with Gasteiger partial charge in [-0.2, -0.15) is 0 Å². The van der Waals surface area contributed by atoms with Crippen molar-refractivity contribution in [1.82, 2.24) is 5.32 Å². The van der Waals surface area contributed by atoms with E-state index in [1.807, 2.05) is 24.3 Å². The Balaban J connectivity index is 1.63. The van der Waals surface area contributed by atoms with Gasteiger partial charge >= 0.3 is 11.9 Å². The summed E-state index contributed by atoms with van der Waals surface area (Å²) in [5.74, 6) is -3.71. The van der Waals surface area contributed by atoms with Crippen LogP contribution in [0.5, 0.6) is 0 Å². The zero-order chi connectivity index (χ0) is 26.1. The van der Waals surface area contributed by atoms with Crippen LogP contribution in [-0.4, -0.2) is 40.4 Å². The van der Waals surface area contributed by atoms with Crippen LogP contribution < -0.4 is 5.32 Å². The van der Waals surface area contributed by atoms with Crippen LogP contribution in [0.1, 0.15) is 45.5 Å². The smallest absolute Gasteiger partial charge is 0.306 e. The molecule has 0 saturated heterocycles. The molecule has 0 bridgehead atoms. The van der Waals surface area contributed by atoms with E-state index in [1.54, 1.807) is 48.5 Å². The van der Waals surface area contributed by atoms with Crippen molar-refractivity contribution in [2.75, 3.05) is 6.54 Å². The molecule has 1 unspecified atom stereocenters. The summed E-state index contributed by atoms with van der Waals surface area (Å²) in [6.45, 7) is -0.00837. The van der Waals surface area contributed by atoms with Gasteiger partial charge in [-0.05, 0) is 47.7 Å². The molecule has 8 heteroatoms. The SMILES string of the molecule is O=C(O)CCNC(=O)c1ccccc1CCC(CC(=O)c1ccc(-c2ccc(Cl)cc2)cc1)C(=O)O. The van der Waals surface area contributed by atoms with Gasteiger partial charge in [0, 0.05) is 29.1 Å². The van der Waals surface area contributed by atoms with E-state index in [0.717, 1.165) is 11.1 Å². The first-order valence-corrected chi connectivity index (χ1v) is 11.8. The number of rotatable bonds is 12. The molecule has 1 atom stereocenters. The Morgan fingerprint density at radius 3 is 2.06 bits per heavy atom. The van der Waals surface area contributed by atoms with Crippen LogP contribution >= 0.6 is 11.6 Å². The molecule has 3 aromatic carbocycles. The quantitative estimate of drug-likeness (QED) is 0.293. The summed E-state index contributed by atoms with van der Waals surface area (Å²) in [7, 11) is 0.